The normalized spacial score (nSPS) is 12.5. The molecule has 0 saturated heterocycles. The summed E-state index contributed by atoms with van der Waals surface area (Å²) >= 11 is 0. The van der Waals surface area contributed by atoms with Gasteiger partial charge in [0.1, 0.15) is 17.1 Å². The van der Waals surface area contributed by atoms with Gasteiger partial charge in [-0.3, -0.25) is 0 Å². The molecule has 0 bridgehead atoms. The van der Waals surface area contributed by atoms with Crippen molar-refractivity contribution < 1.29 is 9.15 Å². The van der Waals surface area contributed by atoms with Gasteiger partial charge >= 0.3 is 0 Å². The van der Waals surface area contributed by atoms with E-state index in [9.17, 15) is 0 Å². The van der Waals surface area contributed by atoms with Gasteiger partial charge in [-0.2, -0.15) is 0 Å². The van der Waals surface area contributed by atoms with Crippen molar-refractivity contribution in [3.05, 3.63) is 65.4 Å². The third kappa shape index (κ3) is 2.65. The molecule has 0 amide bonds. The quantitative estimate of drug-likeness (QED) is 0.786. The van der Waals surface area contributed by atoms with Gasteiger partial charge in [0.05, 0.1) is 13.2 Å². The fraction of sp³-hybridized carbons (Fsp3) is 0.222. The van der Waals surface area contributed by atoms with E-state index in [-0.39, 0.29) is 6.04 Å². The van der Waals surface area contributed by atoms with E-state index >= 15 is 0 Å². The van der Waals surface area contributed by atoms with E-state index in [1.807, 2.05) is 55.5 Å². The number of methoxy groups -OCH3 is 1. The van der Waals surface area contributed by atoms with E-state index in [2.05, 4.69) is 0 Å². The van der Waals surface area contributed by atoms with Gasteiger partial charge in [-0.15, -0.1) is 0 Å². The molecule has 0 fully saturated rings. The number of aryl methyl sites for hydroxylation is 1. The number of furan rings is 1. The lowest BCUT2D eigenvalue weighted by Crippen LogP contribution is -2.13. The average molecular weight is 281 g/mol. The standard InChI is InChI=1S/C18H19NO2/c1-12-6-5-8-14-11-17(21-18(12)14)15(19)10-13-7-3-4-9-16(13)20-2/h3-9,11,15H,10,19H2,1-2H3. The molecule has 2 aromatic carbocycles. The Hall–Kier alpha value is -2.26. The number of hydrogen-bond donors (Lipinski definition) is 1. The zero-order chi connectivity index (χ0) is 14.8. The molecule has 1 heterocycles. The molecule has 3 heteroatoms. The Morgan fingerprint density at radius 3 is 2.71 bits per heavy atom. The monoisotopic (exact) mass is 281 g/mol. The number of ether oxygens (including phenoxy) is 1. The Labute approximate surface area is 124 Å². The maximum Gasteiger partial charge on any atom is 0.137 e. The first kappa shape index (κ1) is 13.7. The van der Waals surface area contributed by atoms with E-state index < -0.39 is 0 Å². The van der Waals surface area contributed by atoms with Crippen LogP contribution in [0.5, 0.6) is 5.75 Å². The molecule has 2 N–H and O–H groups in total. The fourth-order valence-corrected chi connectivity index (χ4v) is 2.62. The van der Waals surface area contributed by atoms with Gasteiger partial charge < -0.3 is 14.9 Å². The molecule has 0 aliphatic carbocycles. The van der Waals surface area contributed by atoms with Crippen LogP contribution < -0.4 is 10.5 Å². The van der Waals surface area contributed by atoms with Crippen molar-refractivity contribution in [2.24, 2.45) is 5.73 Å². The van der Waals surface area contributed by atoms with E-state index in [1.54, 1.807) is 7.11 Å². The molecule has 3 nitrogen and oxygen atoms in total. The van der Waals surface area contributed by atoms with Gasteiger partial charge in [0, 0.05) is 5.39 Å². The Balaban J connectivity index is 1.90. The van der Waals surface area contributed by atoms with Crippen LogP contribution >= 0.6 is 0 Å². The predicted molar refractivity (Wildman–Crippen MR) is 84.6 cm³/mol. The minimum Gasteiger partial charge on any atom is -0.496 e. The first-order chi connectivity index (χ1) is 10.2. The second-order valence-electron chi connectivity index (χ2n) is 5.26. The van der Waals surface area contributed by atoms with Crippen LogP contribution in [-0.2, 0) is 6.42 Å². The van der Waals surface area contributed by atoms with Gasteiger partial charge in [-0.25, -0.2) is 0 Å². The summed E-state index contributed by atoms with van der Waals surface area (Å²) in [6.07, 6.45) is 0.683. The van der Waals surface area contributed by atoms with Crippen molar-refractivity contribution in [1.29, 1.82) is 0 Å². The molecule has 0 radical (unpaired) electrons. The van der Waals surface area contributed by atoms with E-state index in [4.69, 9.17) is 14.9 Å². The first-order valence-corrected chi connectivity index (χ1v) is 7.05. The number of benzene rings is 2. The maximum absolute atomic E-state index is 6.32. The lowest BCUT2D eigenvalue weighted by Gasteiger charge is -2.12. The largest absolute Gasteiger partial charge is 0.496 e. The predicted octanol–water partition coefficient (Wildman–Crippen LogP) is 3.99. The van der Waals surface area contributed by atoms with Crippen LogP contribution in [0.25, 0.3) is 11.0 Å². The highest BCUT2D eigenvalue weighted by atomic mass is 16.5. The molecule has 0 aliphatic heterocycles. The molecule has 3 aromatic rings. The molecule has 0 saturated carbocycles. The zero-order valence-corrected chi connectivity index (χ0v) is 12.3. The van der Waals surface area contributed by atoms with Crippen LogP contribution in [0, 0.1) is 6.92 Å². The number of hydrogen-bond acceptors (Lipinski definition) is 3. The van der Waals surface area contributed by atoms with Crippen LogP contribution in [-0.4, -0.2) is 7.11 Å². The Kier molecular flexibility index (Phi) is 3.67. The highest BCUT2D eigenvalue weighted by Gasteiger charge is 2.15. The Morgan fingerprint density at radius 1 is 1.14 bits per heavy atom. The second kappa shape index (κ2) is 5.62. The minimum absolute atomic E-state index is 0.187. The van der Waals surface area contributed by atoms with Crippen LogP contribution in [0.15, 0.2) is 52.9 Å². The van der Waals surface area contributed by atoms with Crippen molar-refractivity contribution in [2.75, 3.05) is 7.11 Å². The first-order valence-electron chi connectivity index (χ1n) is 7.05. The average Bonchev–Trinajstić information content (AvgIpc) is 2.93. The molecule has 0 aliphatic rings. The number of para-hydroxylation sites is 2. The van der Waals surface area contributed by atoms with Gasteiger partial charge in [0.25, 0.3) is 0 Å². The summed E-state index contributed by atoms with van der Waals surface area (Å²) in [4.78, 5) is 0. The molecule has 0 spiro atoms. The molecule has 108 valence electrons. The molecular weight excluding hydrogens is 262 g/mol. The van der Waals surface area contributed by atoms with Crippen LogP contribution in [0.3, 0.4) is 0 Å². The van der Waals surface area contributed by atoms with E-state index in [0.29, 0.717) is 6.42 Å². The van der Waals surface area contributed by atoms with Gasteiger partial charge in [-0.1, -0.05) is 36.4 Å². The van der Waals surface area contributed by atoms with Crippen molar-refractivity contribution in [3.8, 4) is 5.75 Å². The smallest absolute Gasteiger partial charge is 0.137 e. The number of fused-ring (bicyclic) bond motifs is 1. The van der Waals surface area contributed by atoms with Crippen molar-refractivity contribution in [3.63, 3.8) is 0 Å². The highest BCUT2D eigenvalue weighted by Crippen LogP contribution is 2.29. The summed E-state index contributed by atoms with van der Waals surface area (Å²) in [7, 11) is 1.68. The second-order valence-corrected chi connectivity index (χ2v) is 5.26. The fourth-order valence-electron chi connectivity index (χ4n) is 2.62. The number of rotatable bonds is 4. The molecule has 1 aromatic heterocycles. The lowest BCUT2D eigenvalue weighted by molar-refractivity contribution is 0.405. The van der Waals surface area contributed by atoms with E-state index in [0.717, 1.165) is 33.6 Å². The molecule has 1 unspecified atom stereocenters. The third-order valence-electron chi connectivity index (χ3n) is 3.76. The summed E-state index contributed by atoms with van der Waals surface area (Å²) in [5.74, 6) is 1.67. The van der Waals surface area contributed by atoms with Crippen LogP contribution in [0.1, 0.15) is 22.9 Å². The number of nitrogens with two attached hydrogens (primary N) is 1. The zero-order valence-electron chi connectivity index (χ0n) is 12.3. The van der Waals surface area contributed by atoms with Crippen LogP contribution in [0.2, 0.25) is 0 Å². The summed E-state index contributed by atoms with van der Waals surface area (Å²) in [6, 6.07) is 15.9. The highest BCUT2D eigenvalue weighted by molar-refractivity contribution is 5.81. The van der Waals surface area contributed by atoms with Crippen LogP contribution in [0.4, 0.5) is 0 Å². The molecule has 21 heavy (non-hydrogen) atoms. The van der Waals surface area contributed by atoms with Crippen molar-refractivity contribution in [1.82, 2.24) is 0 Å². The van der Waals surface area contributed by atoms with Gasteiger partial charge in [0.15, 0.2) is 0 Å². The van der Waals surface area contributed by atoms with Crippen molar-refractivity contribution >= 4 is 11.0 Å². The summed E-state index contributed by atoms with van der Waals surface area (Å²) in [6.45, 7) is 2.04. The maximum atomic E-state index is 6.32. The SMILES string of the molecule is COc1ccccc1CC(N)c1cc2cccc(C)c2o1. The summed E-state index contributed by atoms with van der Waals surface area (Å²) in [5.41, 5.74) is 9.45. The summed E-state index contributed by atoms with van der Waals surface area (Å²) < 4.78 is 11.3. The summed E-state index contributed by atoms with van der Waals surface area (Å²) in [5, 5.41) is 1.10. The molecular formula is C18H19NO2. The minimum atomic E-state index is -0.187. The van der Waals surface area contributed by atoms with E-state index in [1.165, 1.54) is 0 Å². The molecule has 1 atom stereocenters. The Morgan fingerprint density at radius 2 is 1.95 bits per heavy atom. The lowest BCUT2D eigenvalue weighted by atomic mass is 10.0. The Bertz CT molecular complexity index is 761. The topological polar surface area (TPSA) is 48.4 Å². The molecule has 3 rings (SSSR count). The van der Waals surface area contributed by atoms with Gasteiger partial charge in [-0.05, 0) is 36.6 Å². The van der Waals surface area contributed by atoms with Crippen molar-refractivity contribution in [2.45, 2.75) is 19.4 Å². The van der Waals surface area contributed by atoms with Gasteiger partial charge in [0.2, 0.25) is 0 Å². The third-order valence-corrected chi connectivity index (χ3v) is 3.76.